The first-order chi connectivity index (χ1) is 3.43. The average molecular weight is 99.2 g/mol. The van der Waals surface area contributed by atoms with E-state index in [9.17, 15) is 0 Å². The van der Waals surface area contributed by atoms with Crippen molar-refractivity contribution in [2.45, 2.75) is 13.3 Å². The highest BCUT2D eigenvalue weighted by Gasteiger charge is 2.12. The second-order valence-electron chi connectivity index (χ2n) is 1.94. The Kier molecular flexibility index (Phi) is 1.69. The van der Waals surface area contributed by atoms with Gasteiger partial charge in [0, 0.05) is 6.61 Å². The fourth-order valence-corrected chi connectivity index (χ4v) is 0.776. The summed E-state index contributed by atoms with van der Waals surface area (Å²) in [4.78, 5) is 0. The monoisotopic (exact) mass is 99.1 g/mol. The summed E-state index contributed by atoms with van der Waals surface area (Å²) in [5.41, 5.74) is 0. The van der Waals surface area contributed by atoms with Gasteiger partial charge in [-0.25, -0.2) is 0 Å². The summed E-state index contributed by atoms with van der Waals surface area (Å²) in [6, 6.07) is 0. The Morgan fingerprint density at radius 2 is 2.71 bits per heavy atom. The third-order valence-electron chi connectivity index (χ3n) is 1.40. The van der Waals surface area contributed by atoms with E-state index in [1.807, 2.05) is 0 Å². The second-order valence-corrected chi connectivity index (χ2v) is 1.94. The van der Waals surface area contributed by atoms with Crippen LogP contribution in [0.1, 0.15) is 13.3 Å². The van der Waals surface area contributed by atoms with Gasteiger partial charge in [0.05, 0.1) is 6.61 Å². The molecule has 1 radical (unpaired) electrons. The molecule has 0 aromatic rings. The van der Waals surface area contributed by atoms with Gasteiger partial charge >= 0.3 is 0 Å². The molecule has 1 aliphatic rings. The third-order valence-corrected chi connectivity index (χ3v) is 1.40. The first-order valence-corrected chi connectivity index (χ1v) is 2.84. The Morgan fingerprint density at radius 3 is 3.00 bits per heavy atom. The first-order valence-electron chi connectivity index (χ1n) is 2.84. The van der Waals surface area contributed by atoms with Crippen LogP contribution in [0, 0.1) is 12.3 Å². The minimum absolute atomic E-state index is 0.750. The van der Waals surface area contributed by atoms with E-state index in [1.54, 1.807) is 0 Å². The smallest absolute Gasteiger partial charge is 0.0501 e. The number of hydrogen-bond donors (Lipinski definition) is 0. The summed E-state index contributed by atoms with van der Waals surface area (Å²) in [5, 5.41) is 0. The largest absolute Gasteiger partial charge is 0.381 e. The van der Waals surface area contributed by atoms with Crippen molar-refractivity contribution in [2.75, 3.05) is 13.2 Å². The van der Waals surface area contributed by atoms with E-state index in [-0.39, 0.29) is 0 Å². The molecule has 0 N–H and O–H groups in total. The van der Waals surface area contributed by atoms with Gasteiger partial charge in [-0.2, -0.15) is 0 Å². The van der Waals surface area contributed by atoms with Crippen LogP contribution in [0.4, 0.5) is 0 Å². The van der Waals surface area contributed by atoms with Crippen LogP contribution in [-0.2, 0) is 4.74 Å². The van der Waals surface area contributed by atoms with Crippen LogP contribution in [0.15, 0.2) is 0 Å². The van der Waals surface area contributed by atoms with E-state index in [1.165, 1.54) is 6.42 Å². The van der Waals surface area contributed by atoms with Crippen LogP contribution in [0.3, 0.4) is 0 Å². The Labute approximate surface area is 44.7 Å². The lowest BCUT2D eigenvalue weighted by molar-refractivity contribution is 0.187. The molecule has 0 aliphatic carbocycles. The van der Waals surface area contributed by atoms with Crippen molar-refractivity contribution in [1.29, 1.82) is 0 Å². The Morgan fingerprint density at radius 1 is 1.86 bits per heavy atom. The second kappa shape index (κ2) is 2.31. The molecule has 0 saturated carbocycles. The van der Waals surface area contributed by atoms with Gasteiger partial charge in [0.1, 0.15) is 0 Å². The van der Waals surface area contributed by atoms with Crippen LogP contribution >= 0.6 is 0 Å². The van der Waals surface area contributed by atoms with Gasteiger partial charge in [-0.3, -0.25) is 0 Å². The van der Waals surface area contributed by atoms with E-state index in [0.29, 0.717) is 0 Å². The maximum atomic E-state index is 5.09. The molecule has 1 atom stereocenters. The summed E-state index contributed by atoms with van der Waals surface area (Å²) < 4.78 is 5.09. The number of hydrogen-bond acceptors (Lipinski definition) is 1. The minimum atomic E-state index is 0.750. The molecular weight excluding hydrogens is 88.1 g/mol. The predicted octanol–water partition coefficient (Wildman–Crippen LogP) is 1.25. The molecule has 41 valence electrons. The van der Waals surface area contributed by atoms with Crippen molar-refractivity contribution in [1.82, 2.24) is 0 Å². The molecule has 0 spiro atoms. The lowest BCUT2D eigenvalue weighted by Gasteiger charge is -1.97. The molecule has 7 heavy (non-hydrogen) atoms. The van der Waals surface area contributed by atoms with E-state index in [4.69, 9.17) is 4.74 Å². The quantitative estimate of drug-likeness (QED) is 0.480. The molecule has 0 amide bonds. The van der Waals surface area contributed by atoms with E-state index in [0.717, 1.165) is 19.1 Å². The summed E-state index contributed by atoms with van der Waals surface area (Å²) in [7, 11) is 0. The Bertz CT molecular complexity index is 46.1. The zero-order valence-corrected chi connectivity index (χ0v) is 4.68. The van der Waals surface area contributed by atoms with Crippen molar-refractivity contribution in [3.8, 4) is 0 Å². The first kappa shape index (κ1) is 5.10. The Hall–Kier alpha value is -0.0400. The Balaban J connectivity index is 2.14. The number of rotatable bonds is 1. The third kappa shape index (κ3) is 1.16. The highest BCUT2D eigenvalue weighted by Crippen LogP contribution is 2.13. The molecular formula is C6H11O. The molecule has 0 unspecified atom stereocenters. The molecule has 0 aromatic heterocycles. The van der Waals surface area contributed by atoms with Gasteiger partial charge in [0.25, 0.3) is 0 Å². The molecule has 1 fully saturated rings. The van der Waals surface area contributed by atoms with Crippen molar-refractivity contribution >= 4 is 0 Å². The normalized spacial score (nSPS) is 31.3. The zero-order valence-electron chi connectivity index (χ0n) is 4.68. The SMILES string of the molecule is CC[C@@H]1[CH]COC1. The van der Waals surface area contributed by atoms with E-state index in [2.05, 4.69) is 13.3 Å². The molecule has 1 nitrogen and oxygen atoms in total. The van der Waals surface area contributed by atoms with Gasteiger partial charge in [-0.05, 0) is 12.3 Å². The van der Waals surface area contributed by atoms with Crippen LogP contribution in [-0.4, -0.2) is 13.2 Å². The molecule has 1 heterocycles. The van der Waals surface area contributed by atoms with Gasteiger partial charge in [0.2, 0.25) is 0 Å². The van der Waals surface area contributed by atoms with E-state index < -0.39 is 0 Å². The fraction of sp³-hybridized carbons (Fsp3) is 0.833. The van der Waals surface area contributed by atoms with Crippen LogP contribution in [0.2, 0.25) is 0 Å². The summed E-state index contributed by atoms with van der Waals surface area (Å²) in [5.74, 6) is 0.750. The molecule has 1 saturated heterocycles. The fourth-order valence-electron chi connectivity index (χ4n) is 0.776. The van der Waals surface area contributed by atoms with Crippen molar-refractivity contribution in [3.63, 3.8) is 0 Å². The average Bonchev–Trinajstić information content (AvgIpc) is 2.14. The molecule has 1 heteroatoms. The highest BCUT2D eigenvalue weighted by molar-refractivity contribution is 4.79. The lowest BCUT2D eigenvalue weighted by Crippen LogP contribution is -1.95. The molecule has 0 aromatic carbocycles. The van der Waals surface area contributed by atoms with Crippen molar-refractivity contribution in [2.24, 2.45) is 5.92 Å². The van der Waals surface area contributed by atoms with Gasteiger partial charge in [0.15, 0.2) is 0 Å². The van der Waals surface area contributed by atoms with Crippen LogP contribution in [0.5, 0.6) is 0 Å². The van der Waals surface area contributed by atoms with Crippen LogP contribution in [0.25, 0.3) is 0 Å². The topological polar surface area (TPSA) is 9.23 Å². The van der Waals surface area contributed by atoms with Crippen molar-refractivity contribution < 1.29 is 4.74 Å². The van der Waals surface area contributed by atoms with Crippen LogP contribution < -0.4 is 0 Å². The minimum Gasteiger partial charge on any atom is -0.381 e. The van der Waals surface area contributed by atoms with Gasteiger partial charge in [-0.1, -0.05) is 13.3 Å². The van der Waals surface area contributed by atoms with Crippen molar-refractivity contribution in [3.05, 3.63) is 6.42 Å². The maximum Gasteiger partial charge on any atom is 0.0501 e. The molecule has 0 bridgehead atoms. The summed E-state index contributed by atoms with van der Waals surface area (Å²) >= 11 is 0. The standard InChI is InChI=1S/C6H11O/c1-2-6-3-4-7-5-6/h3,6H,2,4-5H2,1H3/t6-/m1/s1. The summed E-state index contributed by atoms with van der Waals surface area (Å²) in [6.07, 6.45) is 3.47. The maximum absolute atomic E-state index is 5.09. The van der Waals surface area contributed by atoms with E-state index >= 15 is 0 Å². The molecule has 1 aliphatic heterocycles. The lowest BCUT2D eigenvalue weighted by atomic mass is 10.1. The van der Waals surface area contributed by atoms with Gasteiger partial charge < -0.3 is 4.74 Å². The zero-order chi connectivity index (χ0) is 5.11. The highest BCUT2D eigenvalue weighted by atomic mass is 16.5. The predicted molar refractivity (Wildman–Crippen MR) is 28.9 cm³/mol. The number of ether oxygens (including phenoxy) is 1. The van der Waals surface area contributed by atoms with Gasteiger partial charge in [-0.15, -0.1) is 0 Å². The summed E-state index contributed by atoms with van der Waals surface area (Å²) in [6.45, 7) is 4.02. The molecule has 1 rings (SSSR count).